The molecule has 2 aromatic carbocycles. The Kier molecular flexibility index (Phi) is 8.75. The fourth-order valence-electron chi connectivity index (χ4n) is 5.62. The summed E-state index contributed by atoms with van der Waals surface area (Å²) < 4.78 is 0. The zero-order valence-electron chi connectivity index (χ0n) is 20.1. The molecule has 0 amide bonds. The molecule has 2 nitrogen and oxygen atoms in total. The van der Waals surface area contributed by atoms with Crippen LogP contribution in [0.3, 0.4) is 0 Å². The van der Waals surface area contributed by atoms with E-state index < -0.39 is 0 Å². The molecule has 0 aliphatic heterocycles. The minimum atomic E-state index is -0.350. The van der Waals surface area contributed by atoms with Gasteiger partial charge in [-0.1, -0.05) is 63.1 Å². The van der Waals surface area contributed by atoms with Crippen LogP contribution in [0.25, 0.3) is 0 Å². The zero-order chi connectivity index (χ0) is 22.4. The van der Waals surface area contributed by atoms with Gasteiger partial charge >= 0.3 is 0 Å². The largest absolute Gasteiger partial charge is 0.396 e. The van der Waals surface area contributed by atoms with Crippen LogP contribution in [-0.4, -0.2) is 22.9 Å². The highest BCUT2D eigenvalue weighted by Gasteiger charge is 2.25. The molecule has 0 saturated heterocycles. The van der Waals surface area contributed by atoms with Crippen LogP contribution in [0.1, 0.15) is 97.7 Å². The molecule has 170 valence electrons. The monoisotopic (exact) mass is 422 g/mol. The SMILES string of the molecule is CCCC(CO)CC(O)CC(C)c1cc(Cc2ccc(C)cc2)c2c(c1CC)CCC2. The highest BCUT2D eigenvalue weighted by molar-refractivity contribution is 5.51. The number of hydrogen-bond donors (Lipinski definition) is 2. The Balaban J connectivity index is 1.85. The summed E-state index contributed by atoms with van der Waals surface area (Å²) >= 11 is 0. The van der Waals surface area contributed by atoms with Crippen LogP contribution >= 0.6 is 0 Å². The van der Waals surface area contributed by atoms with Gasteiger partial charge in [0.1, 0.15) is 0 Å². The minimum absolute atomic E-state index is 0.180. The van der Waals surface area contributed by atoms with E-state index in [2.05, 4.69) is 58.0 Å². The summed E-state index contributed by atoms with van der Waals surface area (Å²) in [5, 5.41) is 20.4. The van der Waals surface area contributed by atoms with Crippen molar-refractivity contribution in [2.24, 2.45) is 5.92 Å². The maximum atomic E-state index is 10.8. The molecule has 0 spiro atoms. The quantitative estimate of drug-likeness (QED) is 0.447. The van der Waals surface area contributed by atoms with E-state index in [-0.39, 0.29) is 18.6 Å². The lowest BCUT2D eigenvalue weighted by Gasteiger charge is -2.25. The van der Waals surface area contributed by atoms with Crippen molar-refractivity contribution < 1.29 is 10.2 Å². The van der Waals surface area contributed by atoms with E-state index in [1.165, 1.54) is 47.1 Å². The number of fused-ring (bicyclic) bond motifs is 1. The van der Waals surface area contributed by atoms with Crippen LogP contribution in [0.4, 0.5) is 0 Å². The normalized spacial score (nSPS) is 16.2. The van der Waals surface area contributed by atoms with Crippen molar-refractivity contribution in [3.05, 3.63) is 69.3 Å². The van der Waals surface area contributed by atoms with Crippen molar-refractivity contribution >= 4 is 0 Å². The fourth-order valence-corrected chi connectivity index (χ4v) is 5.62. The highest BCUT2D eigenvalue weighted by atomic mass is 16.3. The lowest BCUT2D eigenvalue weighted by molar-refractivity contribution is 0.100. The average Bonchev–Trinajstić information content (AvgIpc) is 3.24. The summed E-state index contributed by atoms with van der Waals surface area (Å²) in [5.74, 6) is 0.545. The van der Waals surface area contributed by atoms with Gasteiger partial charge in [0, 0.05) is 6.61 Å². The maximum Gasteiger partial charge on any atom is 0.0549 e. The van der Waals surface area contributed by atoms with E-state index in [9.17, 15) is 10.2 Å². The second kappa shape index (κ2) is 11.3. The molecule has 31 heavy (non-hydrogen) atoms. The Labute approximate surface area is 189 Å². The van der Waals surface area contributed by atoms with E-state index in [1.807, 2.05) is 0 Å². The Morgan fingerprint density at radius 3 is 2.35 bits per heavy atom. The van der Waals surface area contributed by atoms with Crippen LogP contribution in [-0.2, 0) is 25.7 Å². The smallest absolute Gasteiger partial charge is 0.0549 e. The topological polar surface area (TPSA) is 40.5 Å². The van der Waals surface area contributed by atoms with Crippen LogP contribution in [0.5, 0.6) is 0 Å². The number of rotatable bonds is 11. The Hall–Kier alpha value is -1.64. The lowest BCUT2D eigenvalue weighted by Crippen LogP contribution is -2.19. The standard InChI is InChI=1S/C29H42O2/c1-5-8-23(19-30)17-25(31)15-21(4)29-18-24(16-22-13-11-20(3)12-14-22)27-9-7-10-28(27)26(29)6-2/h11-14,18,21,23,25,30-31H,5-10,15-17,19H2,1-4H3. The van der Waals surface area contributed by atoms with Gasteiger partial charge in [-0.3, -0.25) is 0 Å². The molecule has 0 saturated carbocycles. The molecule has 3 unspecified atom stereocenters. The third kappa shape index (κ3) is 5.99. The summed E-state index contributed by atoms with van der Waals surface area (Å²) in [7, 11) is 0. The van der Waals surface area contributed by atoms with E-state index >= 15 is 0 Å². The molecule has 2 N–H and O–H groups in total. The number of hydrogen-bond acceptors (Lipinski definition) is 2. The van der Waals surface area contributed by atoms with Gasteiger partial charge in [0.15, 0.2) is 0 Å². The summed E-state index contributed by atoms with van der Waals surface area (Å²) in [4.78, 5) is 0. The molecule has 0 bridgehead atoms. The van der Waals surface area contributed by atoms with Crippen molar-refractivity contribution in [1.29, 1.82) is 0 Å². The predicted molar refractivity (Wildman–Crippen MR) is 131 cm³/mol. The lowest BCUT2D eigenvalue weighted by atomic mass is 9.82. The molecule has 0 heterocycles. The first-order valence-electron chi connectivity index (χ1n) is 12.5. The number of benzene rings is 2. The number of aliphatic hydroxyl groups excluding tert-OH is 2. The number of aliphatic hydroxyl groups is 2. The molecule has 1 aliphatic carbocycles. The Bertz CT molecular complexity index is 837. The van der Waals surface area contributed by atoms with Crippen LogP contribution in [0.2, 0.25) is 0 Å². The molecular weight excluding hydrogens is 380 g/mol. The Morgan fingerprint density at radius 1 is 1.00 bits per heavy atom. The van der Waals surface area contributed by atoms with E-state index in [1.54, 1.807) is 11.1 Å². The third-order valence-corrected chi connectivity index (χ3v) is 7.23. The minimum Gasteiger partial charge on any atom is -0.396 e. The van der Waals surface area contributed by atoms with Crippen LogP contribution in [0, 0.1) is 12.8 Å². The fraction of sp³-hybridized carbons (Fsp3) is 0.586. The van der Waals surface area contributed by atoms with Crippen molar-refractivity contribution in [3.63, 3.8) is 0 Å². The van der Waals surface area contributed by atoms with Crippen LogP contribution in [0.15, 0.2) is 30.3 Å². The average molecular weight is 423 g/mol. The van der Waals surface area contributed by atoms with Gasteiger partial charge in [-0.15, -0.1) is 0 Å². The van der Waals surface area contributed by atoms with Gasteiger partial charge in [-0.2, -0.15) is 0 Å². The number of aryl methyl sites for hydroxylation is 1. The summed E-state index contributed by atoms with van der Waals surface area (Å²) in [6.07, 6.45) is 8.91. The van der Waals surface area contributed by atoms with Crippen molar-refractivity contribution in [1.82, 2.24) is 0 Å². The molecule has 0 fully saturated rings. The molecular formula is C29H42O2. The van der Waals surface area contributed by atoms with E-state index in [0.29, 0.717) is 12.3 Å². The van der Waals surface area contributed by atoms with Gasteiger partial charge < -0.3 is 10.2 Å². The van der Waals surface area contributed by atoms with Gasteiger partial charge in [0.25, 0.3) is 0 Å². The predicted octanol–water partition coefficient (Wildman–Crippen LogP) is 6.29. The van der Waals surface area contributed by atoms with Gasteiger partial charge in [-0.05, 0) is 104 Å². The van der Waals surface area contributed by atoms with Gasteiger partial charge in [0.05, 0.1) is 6.10 Å². The zero-order valence-corrected chi connectivity index (χ0v) is 20.1. The van der Waals surface area contributed by atoms with E-state index in [0.717, 1.165) is 32.1 Å². The van der Waals surface area contributed by atoms with Crippen molar-refractivity contribution in [2.75, 3.05) is 6.61 Å². The molecule has 2 aromatic rings. The van der Waals surface area contributed by atoms with Gasteiger partial charge in [0.2, 0.25) is 0 Å². The van der Waals surface area contributed by atoms with E-state index in [4.69, 9.17) is 0 Å². The third-order valence-electron chi connectivity index (χ3n) is 7.23. The summed E-state index contributed by atoms with van der Waals surface area (Å²) in [6, 6.07) is 11.4. The van der Waals surface area contributed by atoms with Gasteiger partial charge in [-0.25, -0.2) is 0 Å². The van der Waals surface area contributed by atoms with Crippen molar-refractivity contribution in [3.8, 4) is 0 Å². The molecule has 0 aromatic heterocycles. The molecule has 1 aliphatic rings. The Morgan fingerprint density at radius 2 is 1.71 bits per heavy atom. The second-order valence-electron chi connectivity index (χ2n) is 9.79. The maximum absolute atomic E-state index is 10.8. The second-order valence-corrected chi connectivity index (χ2v) is 9.79. The highest BCUT2D eigenvalue weighted by Crippen LogP contribution is 2.37. The molecule has 2 heteroatoms. The summed E-state index contributed by atoms with van der Waals surface area (Å²) in [6.45, 7) is 9.03. The first-order chi connectivity index (χ1) is 15.0. The first-order valence-corrected chi connectivity index (χ1v) is 12.5. The first kappa shape index (κ1) is 24.0. The molecule has 0 radical (unpaired) electrons. The van der Waals surface area contributed by atoms with Crippen LogP contribution < -0.4 is 0 Å². The molecule has 3 atom stereocenters. The summed E-state index contributed by atoms with van der Waals surface area (Å²) in [5.41, 5.74) is 10.4. The van der Waals surface area contributed by atoms with Crippen molar-refractivity contribution in [2.45, 2.75) is 97.5 Å². The molecule has 3 rings (SSSR count).